The van der Waals surface area contributed by atoms with E-state index in [2.05, 4.69) is 10.6 Å². The Morgan fingerprint density at radius 2 is 1.82 bits per heavy atom. The second-order valence-corrected chi connectivity index (χ2v) is 6.64. The summed E-state index contributed by atoms with van der Waals surface area (Å²) in [4.78, 5) is 11.8. The zero-order valence-corrected chi connectivity index (χ0v) is 17.4. The van der Waals surface area contributed by atoms with E-state index in [0.717, 1.165) is 22.7 Å². The molecule has 28 heavy (non-hydrogen) atoms. The first-order chi connectivity index (χ1) is 13.4. The van der Waals surface area contributed by atoms with Crippen LogP contribution in [0.1, 0.15) is 29.8 Å². The summed E-state index contributed by atoms with van der Waals surface area (Å²) in [5.41, 5.74) is 2.25. The summed E-state index contributed by atoms with van der Waals surface area (Å²) in [6, 6.07) is 12.7. The fourth-order valence-corrected chi connectivity index (χ4v) is 2.77. The maximum absolute atomic E-state index is 11.8. The van der Waals surface area contributed by atoms with Crippen LogP contribution in [0, 0.1) is 6.92 Å². The average Bonchev–Trinajstić information content (AvgIpc) is 2.68. The van der Waals surface area contributed by atoms with Gasteiger partial charge in [-0.2, -0.15) is 0 Å². The van der Waals surface area contributed by atoms with Crippen LogP contribution < -0.4 is 20.1 Å². The molecule has 0 amide bonds. The van der Waals surface area contributed by atoms with Gasteiger partial charge in [0.2, 0.25) is 0 Å². The number of hydrogen-bond donors (Lipinski definition) is 2. The summed E-state index contributed by atoms with van der Waals surface area (Å²) in [5.74, 6) is 1.22. The van der Waals surface area contributed by atoms with Gasteiger partial charge in [-0.3, -0.25) is 0 Å². The first-order valence-electron chi connectivity index (χ1n) is 9.05. The molecule has 0 aliphatic heterocycles. The number of methoxy groups -OCH3 is 1. The molecule has 0 saturated carbocycles. The van der Waals surface area contributed by atoms with E-state index in [1.54, 1.807) is 26.2 Å². The molecule has 0 aromatic heterocycles. The Bertz CT molecular complexity index is 809. The molecule has 2 N–H and O–H groups in total. The highest BCUT2D eigenvalue weighted by Crippen LogP contribution is 2.18. The monoisotopic (exact) mass is 402 g/mol. The smallest absolute Gasteiger partial charge is 0.338 e. The highest BCUT2D eigenvalue weighted by molar-refractivity contribution is 7.80. The van der Waals surface area contributed by atoms with Crippen LogP contribution in [0.25, 0.3) is 0 Å². The number of hydrogen-bond acceptors (Lipinski definition) is 5. The van der Waals surface area contributed by atoms with Gasteiger partial charge in [0.15, 0.2) is 5.11 Å². The molecule has 6 nitrogen and oxygen atoms in total. The van der Waals surface area contributed by atoms with Crippen molar-refractivity contribution in [1.29, 1.82) is 0 Å². The Kier molecular flexibility index (Phi) is 8.07. The lowest BCUT2D eigenvalue weighted by atomic mass is 10.1. The molecule has 0 bridgehead atoms. The zero-order chi connectivity index (χ0) is 20.5. The van der Waals surface area contributed by atoms with Gasteiger partial charge in [0.1, 0.15) is 18.1 Å². The number of nitrogens with one attached hydrogen (secondary N) is 2. The summed E-state index contributed by atoms with van der Waals surface area (Å²) < 4.78 is 15.9. The van der Waals surface area contributed by atoms with Crippen LogP contribution in [0.5, 0.6) is 11.5 Å². The number of aryl methyl sites for hydroxylation is 1. The van der Waals surface area contributed by atoms with Gasteiger partial charge < -0.3 is 24.8 Å². The molecule has 0 radical (unpaired) electrons. The fraction of sp³-hybridized carbons (Fsp3) is 0.333. The molecule has 2 aromatic carbocycles. The van der Waals surface area contributed by atoms with E-state index in [1.807, 2.05) is 44.2 Å². The molecule has 2 aromatic rings. The van der Waals surface area contributed by atoms with Gasteiger partial charge in [0, 0.05) is 5.69 Å². The summed E-state index contributed by atoms with van der Waals surface area (Å²) in [7, 11) is 1.63. The van der Waals surface area contributed by atoms with Gasteiger partial charge >= 0.3 is 5.97 Å². The molecule has 0 heterocycles. The number of anilines is 1. The summed E-state index contributed by atoms with van der Waals surface area (Å²) in [6.07, 6.45) is 0. The molecule has 7 heteroatoms. The van der Waals surface area contributed by atoms with E-state index in [4.69, 9.17) is 26.4 Å². The minimum absolute atomic E-state index is 0.00112. The molecule has 1 atom stereocenters. The lowest BCUT2D eigenvalue weighted by Gasteiger charge is -2.18. The van der Waals surface area contributed by atoms with Crippen molar-refractivity contribution in [3.8, 4) is 11.5 Å². The van der Waals surface area contributed by atoms with Crippen LogP contribution in [0.15, 0.2) is 42.5 Å². The Morgan fingerprint density at radius 1 is 1.14 bits per heavy atom. The molecule has 0 fully saturated rings. The molecule has 2 rings (SSSR count). The van der Waals surface area contributed by atoms with Crippen LogP contribution in [-0.2, 0) is 4.74 Å². The molecule has 1 unspecified atom stereocenters. The van der Waals surface area contributed by atoms with Crippen molar-refractivity contribution in [3.63, 3.8) is 0 Å². The minimum atomic E-state index is -0.331. The SMILES string of the molecule is CCOC(=O)c1ccc(NC(=S)NC(C)COc2ccc(OC)cc2)c(C)c1. The number of ether oxygens (including phenoxy) is 3. The number of rotatable bonds is 8. The van der Waals surface area contributed by atoms with Gasteiger partial charge in [-0.1, -0.05) is 0 Å². The first-order valence-corrected chi connectivity index (χ1v) is 9.46. The standard InChI is InChI=1S/C21H26N2O4S/c1-5-26-20(24)16-6-11-19(14(2)12-16)23-21(28)22-15(3)13-27-18-9-7-17(25-4)8-10-18/h6-12,15H,5,13H2,1-4H3,(H2,22,23,28). The van der Waals surface area contributed by atoms with Crippen LogP contribution in [-0.4, -0.2) is 37.4 Å². The van der Waals surface area contributed by atoms with Crippen molar-refractivity contribution < 1.29 is 19.0 Å². The maximum atomic E-state index is 11.8. The number of benzene rings is 2. The van der Waals surface area contributed by atoms with Gasteiger partial charge in [-0.05, 0) is 81.0 Å². The molecule has 150 valence electrons. The van der Waals surface area contributed by atoms with Gasteiger partial charge in [0.25, 0.3) is 0 Å². The predicted molar refractivity (Wildman–Crippen MR) is 114 cm³/mol. The highest BCUT2D eigenvalue weighted by Gasteiger charge is 2.10. The van der Waals surface area contributed by atoms with Crippen molar-refractivity contribution in [1.82, 2.24) is 5.32 Å². The van der Waals surface area contributed by atoms with Crippen molar-refractivity contribution in [2.75, 3.05) is 25.6 Å². The highest BCUT2D eigenvalue weighted by atomic mass is 32.1. The third-order valence-corrected chi connectivity index (χ3v) is 4.14. The number of carbonyl (C=O) groups excluding carboxylic acids is 1. The lowest BCUT2D eigenvalue weighted by Crippen LogP contribution is -2.39. The van der Waals surface area contributed by atoms with Crippen LogP contribution in [0.3, 0.4) is 0 Å². The van der Waals surface area contributed by atoms with Gasteiger partial charge in [0.05, 0.1) is 25.3 Å². The zero-order valence-electron chi connectivity index (χ0n) is 16.6. The molecule has 0 aliphatic carbocycles. The van der Waals surface area contributed by atoms with Crippen LogP contribution >= 0.6 is 12.2 Å². The Morgan fingerprint density at radius 3 is 2.43 bits per heavy atom. The number of carbonyl (C=O) groups is 1. The van der Waals surface area contributed by atoms with Crippen LogP contribution in [0.2, 0.25) is 0 Å². The molecule has 0 saturated heterocycles. The number of thiocarbonyl (C=S) groups is 1. The summed E-state index contributed by atoms with van der Waals surface area (Å²) >= 11 is 5.38. The molecular weight excluding hydrogens is 376 g/mol. The summed E-state index contributed by atoms with van der Waals surface area (Å²) in [6.45, 7) is 6.47. The quantitative estimate of drug-likeness (QED) is 0.512. The van der Waals surface area contributed by atoms with Crippen LogP contribution in [0.4, 0.5) is 5.69 Å². The van der Waals surface area contributed by atoms with Gasteiger partial charge in [-0.15, -0.1) is 0 Å². The third-order valence-electron chi connectivity index (χ3n) is 3.92. The Hall–Kier alpha value is -2.80. The minimum Gasteiger partial charge on any atom is -0.497 e. The third kappa shape index (κ3) is 6.42. The predicted octanol–water partition coefficient (Wildman–Crippen LogP) is 3.93. The second-order valence-electron chi connectivity index (χ2n) is 6.24. The normalized spacial score (nSPS) is 11.3. The van der Waals surface area contributed by atoms with E-state index >= 15 is 0 Å². The lowest BCUT2D eigenvalue weighted by molar-refractivity contribution is 0.0526. The second kappa shape index (κ2) is 10.5. The topological polar surface area (TPSA) is 68.8 Å². The average molecular weight is 403 g/mol. The van der Waals surface area contributed by atoms with Crippen molar-refractivity contribution >= 4 is 29.0 Å². The van der Waals surface area contributed by atoms with E-state index in [-0.39, 0.29) is 12.0 Å². The largest absolute Gasteiger partial charge is 0.497 e. The van der Waals surface area contributed by atoms with Crippen molar-refractivity contribution in [3.05, 3.63) is 53.6 Å². The molecule has 0 spiro atoms. The van der Waals surface area contributed by atoms with Crippen molar-refractivity contribution in [2.24, 2.45) is 0 Å². The van der Waals surface area contributed by atoms with E-state index < -0.39 is 0 Å². The fourth-order valence-electron chi connectivity index (χ4n) is 2.46. The Labute approximate surface area is 171 Å². The first kappa shape index (κ1) is 21.5. The number of esters is 1. The molecule has 0 aliphatic rings. The van der Waals surface area contributed by atoms with Crippen molar-refractivity contribution in [2.45, 2.75) is 26.8 Å². The van der Waals surface area contributed by atoms with E-state index in [9.17, 15) is 4.79 Å². The maximum Gasteiger partial charge on any atom is 0.338 e. The Balaban J connectivity index is 1.84. The van der Waals surface area contributed by atoms with E-state index in [1.165, 1.54) is 0 Å². The van der Waals surface area contributed by atoms with E-state index in [0.29, 0.717) is 23.9 Å². The molecular formula is C21H26N2O4S. The van der Waals surface area contributed by atoms with Gasteiger partial charge in [-0.25, -0.2) is 4.79 Å². The summed E-state index contributed by atoms with van der Waals surface area (Å²) in [5, 5.41) is 6.82.